The summed E-state index contributed by atoms with van der Waals surface area (Å²) < 4.78 is 30.1. The van der Waals surface area contributed by atoms with Gasteiger partial charge in [0.05, 0.1) is 26.2 Å². The average Bonchev–Trinajstić information content (AvgIpc) is 3.23. The van der Waals surface area contributed by atoms with E-state index in [1.54, 1.807) is 27.8 Å². The number of hydrogen-bond donors (Lipinski definition) is 1. The van der Waals surface area contributed by atoms with Crippen molar-refractivity contribution in [2.75, 3.05) is 19.6 Å². The minimum atomic E-state index is -3.57. The van der Waals surface area contributed by atoms with Gasteiger partial charge in [-0.05, 0) is 81.4 Å². The highest BCUT2D eigenvalue weighted by atomic mass is 32.2. The maximum absolute atomic E-state index is 13.6. The van der Waals surface area contributed by atoms with Gasteiger partial charge in [0.15, 0.2) is 0 Å². The number of thiazole rings is 1. The van der Waals surface area contributed by atoms with Crippen LogP contribution in [0.5, 0.6) is 0 Å². The molecule has 170 valence electrons. The number of benzene rings is 2. The van der Waals surface area contributed by atoms with Crippen LogP contribution < -0.4 is 5.32 Å². The molecule has 0 bridgehead atoms. The first kappa shape index (κ1) is 22.0. The molecule has 2 saturated heterocycles. The Bertz CT molecular complexity index is 1200. The molecule has 2 aliphatic rings. The lowest BCUT2D eigenvalue weighted by Crippen LogP contribution is -2.41. The zero-order valence-corrected chi connectivity index (χ0v) is 20.4. The lowest BCUT2D eigenvalue weighted by Gasteiger charge is -2.38. The Morgan fingerprint density at radius 1 is 1.03 bits per heavy atom. The van der Waals surface area contributed by atoms with Gasteiger partial charge in [-0.1, -0.05) is 30.7 Å². The van der Waals surface area contributed by atoms with E-state index in [1.807, 2.05) is 19.1 Å². The molecular formula is C25H31N3O2S2. The van der Waals surface area contributed by atoms with E-state index in [2.05, 4.69) is 30.4 Å². The molecule has 1 N–H and O–H groups in total. The molecule has 32 heavy (non-hydrogen) atoms. The molecule has 5 rings (SSSR count). The summed E-state index contributed by atoms with van der Waals surface area (Å²) in [6, 6.07) is 13.5. The van der Waals surface area contributed by atoms with Crippen molar-refractivity contribution in [2.24, 2.45) is 5.92 Å². The summed E-state index contributed by atoms with van der Waals surface area (Å²) in [5.41, 5.74) is 3.13. The van der Waals surface area contributed by atoms with Gasteiger partial charge in [-0.15, -0.1) is 11.3 Å². The number of aryl methyl sites for hydroxylation is 1. The molecule has 3 heterocycles. The summed E-state index contributed by atoms with van der Waals surface area (Å²) >= 11 is 1.79. The maximum Gasteiger partial charge on any atom is 0.243 e. The summed E-state index contributed by atoms with van der Waals surface area (Å²) in [5, 5.41) is 4.65. The van der Waals surface area contributed by atoms with Crippen LogP contribution in [0.2, 0.25) is 0 Å². The minimum absolute atomic E-state index is 0.147. The van der Waals surface area contributed by atoms with Crippen molar-refractivity contribution in [3.05, 3.63) is 58.6 Å². The van der Waals surface area contributed by atoms with E-state index < -0.39 is 10.0 Å². The molecule has 1 unspecified atom stereocenters. The summed E-state index contributed by atoms with van der Waals surface area (Å²) in [6.45, 7) is 6.78. The second kappa shape index (κ2) is 8.86. The van der Waals surface area contributed by atoms with Gasteiger partial charge in [0.25, 0.3) is 0 Å². The van der Waals surface area contributed by atoms with Crippen LogP contribution in [0.4, 0.5) is 0 Å². The van der Waals surface area contributed by atoms with Crippen molar-refractivity contribution in [1.82, 2.24) is 14.6 Å². The fourth-order valence-electron chi connectivity index (χ4n) is 4.97. The van der Waals surface area contributed by atoms with E-state index >= 15 is 0 Å². The van der Waals surface area contributed by atoms with Gasteiger partial charge < -0.3 is 5.32 Å². The SMILES string of the molecule is Cc1ccc(S(=O)(=O)N2C[C@@H](C)CCC2c2ccc3sc(C4CCNCC4)nc3c2)cc1. The number of aromatic nitrogens is 1. The van der Waals surface area contributed by atoms with Gasteiger partial charge in [0.1, 0.15) is 0 Å². The highest BCUT2D eigenvalue weighted by Crippen LogP contribution is 2.39. The summed E-state index contributed by atoms with van der Waals surface area (Å²) in [4.78, 5) is 5.36. The van der Waals surface area contributed by atoms with E-state index in [1.165, 1.54) is 9.71 Å². The number of rotatable bonds is 4. The van der Waals surface area contributed by atoms with Crippen molar-refractivity contribution in [3.63, 3.8) is 0 Å². The van der Waals surface area contributed by atoms with Crippen molar-refractivity contribution in [2.45, 2.75) is 56.4 Å². The van der Waals surface area contributed by atoms with Crippen molar-refractivity contribution >= 4 is 31.6 Å². The Kier molecular flexibility index (Phi) is 6.09. The Morgan fingerprint density at radius 3 is 2.53 bits per heavy atom. The van der Waals surface area contributed by atoms with Crippen molar-refractivity contribution in [3.8, 4) is 0 Å². The molecule has 0 saturated carbocycles. The average molecular weight is 470 g/mol. The third-order valence-electron chi connectivity index (χ3n) is 6.90. The van der Waals surface area contributed by atoms with Gasteiger partial charge in [-0.2, -0.15) is 4.31 Å². The number of sulfonamides is 1. The first-order chi connectivity index (χ1) is 15.4. The molecule has 0 amide bonds. The normalized spacial score (nSPS) is 23.6. The van der Waals surface area contributed by atoms with Crippen molar-refractivity contribution < 1.29 is 8.42 Å². The van der Waals surface area contributed by atoms with Gasteiger partial charge >= 0.3 is 0 Å². The van der Waals surface area contributed by atoms with E-state index in [9.17, 15) is 8.42 Å². The van der Waals surface area contributed by atoms with E-state index in [-0.39, 0.29) is 6.04 Å². The fourth-order valence-corrected chi connectivity index (χ4v) is 7.85. The highest BCUT2D eigenvalue weighted by Gasteiger charge is 2.37. The van der Waals surface area contributed by atoms with Gasteiger partial charge in [-0.3, -0.25) is 0 Å². The molecule has 0 spiro atoms. The van der Waals surface area contributed by atoms with Gasteiger partial charge in [-0.25, -0.2) is 13.4 Å². The van der Waals surface area contributed by atoms with Crippen LogP contribution in [0.15, 0.2) is 47.4 Å². The largest absolute Gasteiger partial charge is 0.317 e. The van der Waals surface area contributed by atoms with Crippen LogP contribution in [-0.2, 0) is 10.0 Å². The maximum atomic E-state index is 13.6. The predicted octanol–water partition coefficient (Wildman–Crippen LogP) is 5.23. The zero-order chi connectivity index (χ0) is 22.3. The molecule has 3 aromatic rings. The second-order valence-electron chi connectivity index (χ2n) is 9.39. The monoisotopic (exact) mass is 469 g/mol. The van der Waals surface area contributed by atoms with Crippen molar-refractivity contribution in [1.29, 1.82) is 0 Å². The third kappa shape index (κ3) is 4.23. The van der Waals surface area contributed by atoms with Crippen LogP contribution >= 0.6 is 11.3 Å². The molecule has 0 aliphatic carbocycles. The molecule has 2 atom stereocenters. The Morgan fingerprint density at radius 2 is 1.78 bits per heavy atom. The number of nitrogens with one attached hydrogen (secondary N) is 1. The molecule has 5 nitrogen and oxygen atoms in total. The Balaban J connectivity index is 1.49. The standard InChI is InChI=1S/C25H31N3O2S2/c1-17-3-7-21(8-4-17)32(29,30)28-16-18(2)5-9-23(28)20-6-10-24-22(15-20)27-25(31-24)19-11-13-26-14-12-19/h3-4,6-8,10,15,18-19,23,26H,5,9,11-14,16H2,1-2H3/t18-,23?/m0/s1. The molecule has 2 fully saturated rings. The Hall–Kier alpha value is -1.80. The lowest BCUT2D eigenvalue weighted by atomic mass is 9.92. The van der Waals surface area contributed by atoms with Crippen LogP contribution in [0.25, 0.3) is 10.2 Å². The van der Waals surface area contributed by atoms with Crippen LogP contribution in [0, 0.1) is 12.8 Å². The smallest absolute Gasteiger partial charge is 0.243 e. The lowest BCUT2D eigenvalue weighted by molar-refractivity contribution is 0.207. The Labute approximate surface area is 194 Å². The number of fused-ring (bicyclic) bond motifs is 1. The van der Waals surface area contributed by atoms with E-state index in [0.717, 1.165) is 55.4 Å². The minimum Gasteiger partial charge on any atom is -0.317 e. The summed E-state index contributed by atoms with van der Waals surface area (Å²) in [6.07, 6.45) is 4.13. The third-order valence-corrected chi connectivity index (χ3v) is 9.99. The van der Waals surface area contributed by atoms with Crippen LogP contribution in [-0.4, -0.2) is 37.3 Å². The first-order valence-corrected chi connectivity index (χ1v) is 13.9. The number of hydrogen-bond acceptors (Lipinski definition) is 5. The summed E-state index contributed by atoms with van der Waals surface area (Å²) in [7, 11) is -3.57. The highest BCUT2D eigenvalue weighted by molar-refractivity contribution is 7.89. The summed E-state index contributed by atoms with van der Waals surface area (Å²) in [5.74, 6) is 0.882. The predicted molar refractivity (Wildman–Crippen MR) is 131 cm³/mol. The molecule has 2 aliphatic heterocycles. The molecular weight excluding hydrogens is 438 g/mol. The molecule has 1 aromatic heterocycles. The van der Waals surface area contributed by atoms with E-state index in [4.69, 9.17) is 4.98 Å². The van der Waals surface area contributed by atoms with Gasteiger partial charge in [0.2, 0.25) is 10.0 Å². The second-order valence-corrected chi connectivity index (χ2v) is 12.3. The topological polar surface area (TPSA) is 62.3 Å². The van der Waals surface area contributed by atoms with Crippen LogP contribution in [0.3, 0.4) is 0 Å². The molecule has 7 heteroatoms. The van der Waals surface area contributed by atoms with Crippen LogP contribution in [0.1, 0.15) is 60.7 Å². The fraction of sp³-hybridized carbons (Fsp3) is 0.480. The number of nitrogens with zero attached hydrogens (tertiary/aromatic N) is 2. The quantitative estimate of drug-likeness (QED) is 0.568. The van der Waals surface area contributed by atoms with Gasteiger partial charge in [0, 0.05) is 12.5 Å². The molecule has 2 aromatic carbocycles. The zero-order valence-electron chi connectivity index (χ0n) is 18.8. The number of piperidine rings is 2. The van der Waals surface area contributed by atoms with E-state index in [0.29, 0.717) is 23.3 Å². The first-order valence-electron chi connectivity index (χ1n) is 11.6. The molecule has 0 radical (unpaired) electrons.